The van der Waals surface area contributed by atoms with Crippen molar-refractivity contribution in [2.75, 3.05) is 24.5 Å². The predicted octanol–water partition coefficient (Wildman–Crippen LogP) is 2.94. The Morgan fingerprint density at radius 2 is 1.85 bits per heavy atom. The summed E-state index contributed by atoms with van der Waals surface area (Å²) in [4.78, 5) is 47.4. The quantitative estimate of drug-likeness (QED) is 0.691. The number of halogens is 2. The van der Waals surface area contributed by atoms with Crippen molar-refractivity contribution in [3.63, 3.8) is 0 Å². The molecule has 1 aromatic carbocycles. The first kappa shape index (κ1) is 21.8. The molecule has 0 unspecified atom stereocenters. The van der Waals surface area contributed by atoms with Crippen LogP contribution < -0.4 is 4.90 Å². The van der Waals surface area contributed by atoms with Crippen LogP contribution in [0.15, 0.2) is 36.5 Å². The number of amides is 3. The van der Waals surface area contributed by atoms with Crippen LogP contribution in [-0.2, 0) is 20.9 Å². The van der Waals surface area contributed by atoms with Crippen molar-refractivity contribution < 1.29 is 18.8 Å². The molecule has 0 atom stereocenters. The summed E-state index contributed by atoms with van der Waals surface area (Å²) in [6, 6.07) is 8.92. The Bertz CT molecular complexity index is 1150. The fraction of sp³-hybridized carbons (Fsp3) is 0.417. The first-order valence-electron chi connectivity index (χ1n) is 10.9. The Kier molecular flexibility index (Phi) is 4.97. The van der Waals surface area contributed by atoms with E-state index in [0.29, 0.717) is 32.5 Å². The Hall–Kier alpha value is -3.00. The third kappa shape index (κ3) is 3.47. The maximum absolute atomic E-state index is 14.7. The van der Waals surface area contributed by atoms with E-state index in [4.69, 9.17) is 11.6 Å². The largest absolute Gasteiger partial charge is 0.342 e. The third-order valence-electron chi connectivity index (χ3n) is 7.09. The zero-order valence-corrected chi connectivity index (χ0v) is 19.2. The first-order valence-corrected chi connectivity index (χ1v) is 11.2. The number of hydrogen-bond acceptors (Lipinski definition) is 4. The number of aryl methyl sites for hydroxylation is 1. The second kappa shape index (κ2) is 7.52. The van der Waals surface area contributed by atoms with E-state index in [1.165, 1.54) is 13.1 Å². The number of anilines is 1. The highest BCUT2D eigenvalue weighted by molar-refractivity contribution is 6.30. The van der Waals surface area contributed by atoms with Crippen molar-refractivity contribution >= 4 is 35.1 Å². The van der Waals surface area contributed by atoms with Crippen LogP contribution in [0, 0.1) is 18.2 Å². The van der Waals surface area contributed by atoms with Crippen molar-refractivity contribution in [3.05, 3.63) is 58.5 Å². The number of likely N-dealkylation sites (tertiary alicyclic amines) is 1. The number of hydrogen-bond donors (Lipinski definition) is 0. The lowest BCUT2D eigenvalue weighted by Gasteiger charge is -2.67. The molecule has 0 N–H and O–H groups in total. The molecule has 2 aromatic rings. The van der Waals surface area contributed by atoms with E-state index in [1.807, 2.05) is 31.2 Å². The van der Waals surface area contributed by atoms with Gasteiger partial charge in [0.1, 0.15) is 12.1 Å². The number of pyridine rings is 1. The van der Waals surface area contributed by atoms with Gasteiger partial charge in [0.25, 0.3) is 5.91 Å². The molecule has 3 amide bonds. The number of benzene rings is 1. The smallest absolute Gasteiger partial charge is 0.254 e. The number of piperazine rings is 1. The Morgan fingerprint density at radius 1 is 1.18 bits per heavy atom. The summed E-state index contributed by atoms with van der Waals surface area (Å²) in [5, 5.41) is 0.115. The monoisotopic (exact) mass is 470 g/mol. The highest BCUT2D eigenvalue weighted by Crippen LogP contribution is 2.58. The number of carbonyl (C=O) groups is 3. The summed E-state index contributed by atoms with van der Waals surface area (Å²) >= 11 is 5.83. The molecule has 2 saturated heterocycles. The van der Waals surface area contributed by atoms with E-state index in [0.717, 1.165) is 22.1 Å². The maximum atomic E-state index is 14.7. The van der Waals surface area contributed by atoms with Gasteiger partial charge in [-0.2, -0.15) is 0 Å². The fourth-order valence-electron chi connectivity index (χ4n) is 5.53. The summed E-state index contributed by atoms with van der Waals surface area (Å²) < 4.78 is 14.7. The Balaban J connectivity index is 1.48. The maximum Gasteiger partial charge on any atom is 0.254 e. The van der Waals surface area contributed by atoms with Crippen LogP contribution >= 0.6 is 11.6 Å². The average molecular weight is 471 g/mol. The highest BCUT2D eigenvalue weighted by atomic mass is 35.5. The van der Waals surface area contributed by atoms with Crippen molar-refractivity contribution in [3.8, 4) is 0 Å². The van der Waals surface area contributed by atoms with Crippen molar-refractivity contribution in [2.24, 2.45) is 5.41 Å². The molecule has 1 aliphatic carbocycles. The predicted molar refractivity (Wildman–Crippen MR) is 120 cm³/mol. The van der Waals surface area contributed by atoms with Crippen molar-refractivity contribution in [1.82, 2.24) is 14.8 Å². The zero-order chi connectivity index (χ0) is 23.5. The van der Waals surface area contributed by atoms with Gasteiger partial charge in [-0.3, -0.25) is 19.3 Å². The third-order valence-corrected chi connectivity index (χ3v) is 7.30. The molecule has 2 spiro atoms. The van der Waals surface area contributed by atoms with Gasteiger partial charge in [-0.25, -0.2) is 9.37 Å². The van der Waals surface area contributed by atoms with Gasteiger partial charge in [0.05, 0.1) is 5.02 Å². The lowest BCUT2D eigenvalue weighted by atomic mass is 9.52. The van der Waals surface area contributed by atoms with E-state index in [9.17, 15) is 18.8 Å². The number of carbonyl (C=O) groups excluding carboxylic acids is 3. The number of aromatic nitrogens is 1. The molecule has 5 rings (SSSR count). The minimum absolute atomic E-state index is 0.00167. The van der Waals surface area contributed by atoms with E-state index >= 15 is 0 Å². The highest BCUT2D eigenvalue weighted by Gasteiger charge is 2.69. The van der Waals surface area contributed by atoms with E-state index < -0.39 is 11.4 Å². The van der Waals surface area contributed by atoms with Crippen LogP contribution in [0.2, 0.25) is 5.02 Å². The lowest BCUT2D eigenvalue weighted by Crippen LogP contribution is -2.80. The minimum Gasteiger partial charge on any atom is -0.342 e. The molecule has 3 heterocycles. The zero-order valence-electron chi connectivity index (χ0n) is 18.5. The van der Waals surface area contributed by atoms with Gasteiger partial charge in [-0.1, -0.05) is 41.4 Å². The van der Waals surface area contributed by atoms with Gasteiger partial charge in [0.15, 0.2) is 11.6 Å². The van der Waals surface area contributed by atoms with Crippen molar-refractivity contribution in [2.45, 2.75) is 38.8 Å². The summed E-state index contributed by atoms with van der Waals surface area (Å²) in [7, 11) is 0. The van der Waals surface area contributed by atoms with E-state index in [-0.39, 0.29) is 40.5 Å². The molecule has 1 saturated carbocycles. The second-order valence-corrected chi connectivity index (χ2v) is 10.0. The van der Waals surface area contributed by atoms with Gasteiger partial charge < -0.3 is 9.80 Å². The first-order chi connectivity index (χ1) is 15.6. The van der Waals surface area contributed by atoms with Gasteiger partial charge in [0, 0.05) is 38.2 Å². The molecule has 3 aliphatic rings. The van der Waals surface area contributed by atoms with Crippen LogP contribution in [0.4, 0.5) is 10.2 Å². The summed E-state index contributed by atoms with van der Waals surface area (Å²) in [5.74, 6) is -1.53. The second-order valence-electron chi connectivity index (χ2n) is 9.58. The minimum atomic E-state index is -1.09. The molecule has 3 fully saturated rings. The van der Waals surface area contributed by atoms with Crippen LogP contribution in [0.25, 0.3) is 0 Å². The molecular weight excluding hydrogens is 447 g/mol. The fourth-order valence-corrected chi connectivity index (χ4v) is 5.68. The summed E-state index contributed by atoms with van der Waals surface area (Å²) in [6.45, 7) is 4.65. The van der Waals surface area contributed by atoms with Crippen LogP contribution in [0.3, 0.4) is 0 Å². The molecule has 33 heavy (non-hydrogen) atoms. The van der Waals surface area contributed by atoms with E-state index in [1.54, 1.807) is 9.80 Å². The van der Waals surface area contributed by atoms with Crippen LogP contribution in [-0.4, -0.2) is 57.7 Å². The standard InChI is InChI=1S/C24H24ClFN4O3/c1-15-3-5-17(6-4-15)9-30-20(32)10-29(21-19(26)7-18(25)8-27-21)22(33)24(30)11-23(12-24)13-28(14-23)16(2)31/h3-8H,9-14H2,1-2H3. The average Bonchev–Trinajstić information content (AvgIpc) is 2.69. The molecule has 172 valence electrons. The lowest BCUT2D eigenvalue weighted by molar-refractivity contribution is -0.191. The Labute approximate surface area is 196 Å². The molecule has 1 aromatic heterocycles. The molecule has 7 nitrogen and oxygen atoms in total. The normalized spacial score (nSPS) is 20.8. The molecule has 2 aliphatic heterocycles. The van der Waals surface area contributed by atoms with Gasteiger partial charge >= 0.3 is 0 Å². The topological polar surface area (TPSA) is 73.8 Å². The molecule has 9 heteroatoms. The number of rotatable bonds is 3. The van der Waals surface area contributed by atoms with Gasteiger partial charge in [-0.05, 0) is 31.4 Å². The van der Waals surface area contributed by atoms with E-state index in [2.05, 4.69) is 4.98 Å². The Morgan fingerprint density at radius 3 is 2.45 bits per heavy atom. The molecule has 0 radical (unpaired) electrons. The van der Waals surface area contributed by atoms with Crippen LogP contribution in [0.1, 0.15) is 30.9 Å². The molecular formula is C24H24ClFN4O3. The molecule has 0 bridgehead atoms. The summed E-state index contributed by atoms with van der Waals surface area (Å²) in [5.41, 5.74) is 0.746. The summed E-state index contributed by atoms with van der Waals surface area (Å²) in [6.07, 6.45) is 2.14. The van der Waals surface area contributed by atoms with Crippen LogP contribution in [0.5, 0.6) is 0 Å². The SMILES string of the molecule is CC(=O)N1CC2(C1)CC1(C2)C(=O)N(c2ncc(Cl)cc2F)CC(=O)N1Cc1ccc(C)cc1. The van der Waals surface area contributed by atoms with Crippen molar-refractivity contribution in [1.29, 1.82) is 0 Å². The van der Waals surface area contributed by atoms with Gasteiger partial charge in [-0.15, -0.1) is 0 Å². The number of nitrogens with zero attached hydrogens (tertiary/aromatic N) is 4. The van der Waals surface area contributed by atoms with Gasteiger partial charge in [0.2, 0.25) is 11.8 Å².